The second-order valence-electron chi connectivity index (χ2n) is 4.57. The van der Waals surface area contributed by atoms with Gasteiger partial charge in [-0.25, -0.2) is 0 Å². The lowest BCUT2D eigenvalue weighted by Crippen LogP contribution is -2.45. The monoisotopic (exact) mass is 282 g/mol. The third kappa shape index (κ3) is 4.25. The van der Waals surface area contributed by atoms with Crippen LogP contribution in [0, 0.1) is 0 Å². The molecule has 2 atom stereocenters. The molecule has 0 aromatic heterocycles. The SMILES string of the molecule is CCOC(=O)[C@](C)(SC)[C@@H](O)CCc1ccccc1. The highest BCUT2D eigenvalue weighted by Crippen LogP contribution is 2.30. The maximum atomic E-state index is 11.9. The second kappa shape index (κ2) is 7.56. The van der Waals surface area contributed by atoms with Gasteiger partial charge in [0.25, 0.3) is 0 Å². The Labute approximate surface area is 119 Å². The molecule has 106 valence electrons. The number of hydrogen-bond donors (Lipinski definition) is 1. The van der Waals surface area contributed by atoms with Gasteiger partial charge in [-0.2, -0.15) is 0 Å². The smallest absolute Gasteiger partial charge is 0.324 e. The van der Waals surface area contributed by atoms with Gasteiger partial charge in [-0.05, 0) is 38.5 Å². The summed E-state index contributed by atoms with van der Waals surface area (Å²) in [6.45, 7) is 3.85. The van der Waals surface area contributed by atoms with Gasteiger partial charge in [-0.3, -0.25) is 4.79 Å². The number of aliphatic hydroxyl groups is 1. The van der Waals surface area contributed by atoms with Crippen molar-refractivity contribution in [3.63, 3.8) is 0 Å². The zero-order valence-electron chi connectivity index (χ0n) is 11.8. The van der Waals surface area contributed by atoms with E-state index in [2.05, 4.69) is 0 Å². The summed E-state index contributed by atoms with van der Waals surface area (Å²) < 4.78 is 4.15. The van der Waals surface area contributed by atoms with E-state index in [1.54, 1.807) is 13.8 Å². The lowest BCUT2D eigenvalue weighted by atomic mass is 9.97. The van der Waals surface area contributed by atoms with Crippen LogP contribution in [0.4, 0.5) is 0 Å². The van der Waals surface area contributed by atoms with Crippen LogP contribution in [0.2, 0.25) is 0 Å². The number of rotatable bonds is 7. The number of aryl methyl sites for hydroxylation is 1. The number of aliphatic hydroxyl groups excluding tert-OH is 1. The van der Waals surface area contributed by atoms with Crippen molar-refractivity contribution in [2.24, 2.45) is 0 Å². The molecule has 0 bridgehead atoms. The summed E-state index contributed by atoms with van der Waals surface area (Å²) in [6, 6.07) is 9.95. The van der Waals surface area contributed by atoms with Crippen LogP contribution < -0.4 is 0 Å². The zero-order valence-corrected chi connectivity index (χ0v) is 12.6. The molecule has 0 spiro atoms. The van der Waals surface area contributed by atoms with Crippen LogP contribution in [-0.4, -0.2) is 34.8 Å². The topological polar surface area (TPSA) is 46.5 Å². The van der Waals surface area contributed by atoms with Crippen molar-refractivity contribution < 1.29 is 14.6 Å². The maximum Gasteiger partial charge on any atom is 0.324 e. The molecular weight excluding hydrogens is 260 g/mol. The summed E-state index contributed by atoms with van der Waals surface area (Å²) in [5, 5.41) is 10.3. The van der Waals surface area contributed by atoms with E-state index in [0.29, 0.717) is 13.0 Å². The van der Waals surface area contributed by atoms with E-state index < -0.39 is 10.9 Å². The molecule has 0 aliphatic rings. The molecule has 0 aliphatic heterocycles. The summed E-state index contributed by atoms with van der Waals surface area (Å²) >= 11 is 1.34. The van der Waals surface area contributed by atoms with E-state index >= 15 is 0 Å². The largest absolute Gasteiger partial charge is 0.465 e. The molecule has 0 saturated heterocycles. The van der Waals surface area contributed by atoms with Gasteiger partial charge in [-0.1, -0.05) is 30.3 Å². The molecular formula is C15H22O3S. The molecule has 1 aromatic carbocycles. The van der Waals surface area contributed by atoms with E-state index in [9.17, 15) is 9.90 Å². The highest BCUT2D eigenvalue weighted by atomic mass is 32.2. The Bertz CT molecular complexity index is 394. The number of benzene rings is 1. The van der Waals surface area contributed by atoms with Crippen molar-refractivity contribution in [2.45, 2.75) is 37.5 Å². The highest BCUT2D eigenvalue weighted by molar-refractivity contribution is 8.00. The van der Waals surface area contributed by atoms with Gasteiger partial charge in [0.05, 0.1) is 12.7 Å². The summed E-state index contributed by atoms with van der Waals surface area (Å²) in [5.74, 6) is -0.344. The van der Waals surface area contributed by atoms with Crippen LogP contribution in [0.3, 0.4) is 0 Å². The second-order valence-corrected chi connectivity index (χ2v) is 5.83. The first-order valence-electron chi connectivity index (χ1n) is 6.49. The van der Waals surface area contributed by atoms with Crippen molar-refractivity contribution in [3.8, 4) is 0 Å². The first-order chi connectivity index (χ1) is 9.04. The summed E-state index contributed by atoms with van der Waals surface area (Å²) in [4.78, 5) is 11.9. The average Bonchev–Trinajstić information content (AvgIpc) is 2.45. The molecule has 0 amide bonds. The van der Waals surface area contributed by atoms with Crippen molar-refractivity contribution in [2.75, 3.05) is 12.9 Å². The van der Waals surface area contributed by atoms with Crippen molar-refractivity contribution in [1.82, 2.24) is 0 Å². The molecule has 1 rings (SSSR count). The minimum absolute atomic E-state index is 0.334. The Morgan fingerprint density at radius 2 is 2.05 bits per heavy atom. The Morgan fingerprint density at radius 3 is 2.58 bits per heavy atom. The lowest BCUT2D eigenvalue weighted by molar-refractivity contribution is -0.148. The van der Waals surface area contributed by atoms with Gasteiger partial charge >= 0.3 is 5.97 Å². The number of thioether (sulfide) groups is 1. The fraction of sp³-hybridized carbons (Fsp3) is 0.533. The third-order valence-corrected chi connectivity index (χ3v) is 4.58. The lowest BCUT2D eigenvalue weighted by Gasteiger charge is -2.30. The predicted molar refractivity (Wildman–Crippen MR) is 79.3 cm³/mol. The van der Waals surface area contributed by atoms with Crippen LogP contribution in [0.5, 0.6) is 0 Å². The van der Waals surface area contributed by atoms with E-state index in [1.807, 2.05) is 36.6 Å². The van der Waals surface area contributed by atoms with Gasteiger partial charge in [0.1, 0.15) is 4.75 Å². The molecule has 1 N–H and O–H groups in total. The molecule has 0 unspecified atom stereocenters. The maximum absolute atomic E-state index is 11.9. The Kier molecular flexibility index (Phi) is 6.38. The molecule has 0 radical (unpaired) electrons. The highest BCUT2D eigenvalue weighted by Gasteiger charge is 2.41. The Hall–Kier alpha value is -1.00. The summed E-state index contributed by atoms with van der Waals surface area (Å²) in [6.07, 6.45) is 2.39. The Morgan fingerprint density at radius 1 is 1.42 bits per heavy atom. The van der Waals surface area contributed by atoms with Crippen LogP contribution in [0.1, 0.15) is 25.8 Å². The number of carbonyl (C=O) groups is 1. The average molecular weight is 282 g/mol. The zero-order chi connectivity index (χ0) is 14.3. The van der Waals surface area contributed by atoms with Gasteiger partial charge in [0.15, 0.2) is 0 Å². The van der Waals surface area contributed by atoms with Gasteiger partial charge < -0.3 is 9.84 Å². The number of esters is 1. The Balaban J connectivity index is 2.63. The fourth-order valence-corrected chi connectivity index (χ4v) is 2.47. The predicted octanol–water partition coefficient (Wildman–Crippen LogP) is 2.66. The first-order valence-corrected chi connectivity index (χ1v) is 7.71. The van der Waals surface area contributed by atoms with E-state index in [4.69, 9.17) is 4.74 Å². The third-order valence-electron chi connectivity index (χ3n) is 3.29. The molecule has 0 aliphatic carbocycles. The number of hydrogen-bond acceptors (Lipinski definition) is 4. The van der Waals surface area contributed by atoms with Gasteiger partial charge in [-0.15, -0.1) is 11.8 Å². The van der Waals surface area contributed by atoms with E-state index in [0.717, 1.165) is 12.0 Å². The molecule has 4 heteroatoms. The molecule has 0 heterocycles. The summed E-state index contributed by atoms with van der Waals surface area (Å²) in [7, 11) is 0. The van der Waals surface area contributed by atoms with Crippen molar-refractivity contribution >= 4 is 17.7 Å². The number of ether oxygens (including phenoxy) is 1. The van der Waals surface area contributed by atoms with E-state index in [-0.39, 0.29) is 5.97 Å². The van der Waals surface area contributed by atoms with Crippen LogP contribution >= 0.6 is 11.8 Å². The fourth-order valence-electron chi connectivity index (χ4n) is 1.85. The van der Waals surface area contributed by atoms with Gasteiger partial charge in [0.2, 0.25) is 0 Å². The van der Waals surface area contributed by atoms with Crippen molar-refractivity contribution in [3.05, 3.63) is 35.9 Å². The quantitative estimate of drug-likeness (QED) is 0.781. The van der Waals surface area contributed by atoms with Crippen molar-refractivity contribution in [1.29, 1.82) is 0 Å². The van der Waals surface area contributed by atoms with E-state index in [1.165, 1.54) is 11.8 Å². The summed E-state index contributed by atoms with van der Waals surface area (Å²) in [5.41, 5.74) is 1.16. The molecule has 1 aromatic rings. The van der Waals surface area contributed by atoms with Crippen LogP contribution in [0.15, 0.2) is 30.3 Å². The number of carbonyl (C=O) groups excluding carboxylic acids is 1. The first kappa shape index (κ1) is 16.1. The van der Waals surface area contributed by atoms with Crippen LogP contribution in [0.25, 0.3) is 0 Å². The normalized spacial score (nSPS) is 15.6. The molecule has 3 nitrogen and oxygen atoms in total. The van der Waals surface area contributed by atoms with Gasteiger partial charge in [0, 0.05) is 0 Å². The molecule has 19 heavy (non-hydrogen) atoms. The molecule has 0 fully saturated rings. The standard InChI is InChI=1S/C15H22O3S/c1-4-18-14(17)15(2,19-3)13(16)11-10-12-8-6-5-7-9-12/h5-9,13,16H,4,10-11H2,1-3H3/t13-,15+/m0/s1. The molecule has 0 saturated carbocycles. The minimum atomic E-state index is -0.898. The minimum Gasteiger partial charge on any atom is -0.465 e. The van der Waals surface area contributed by atoms with Crippen LogP contribution in [-0.2, 0) is 16.0 Å².